The second-order valence-corrected chi connectivity index (χ2v) is 5.27. The molecule has 3 rings (SSSR count). The van der Waals surface area contributed by atoms with Gasteiger partial charge in [-0.2, -0.15) is 0 Å². The molecule has 1 aliphatic heterocycles. The summed E-state index contributed by atoms with van der Waals surface area (Å²) < 4.78 is 0. The van der Waals surface area contributed by atoms with Crippen molar-refractivity contribution in [3.05, 3.63) is 30.1 Å². The first kappa shape index (κ1) is 11.2. The first-order valence-corrected chi connectivity index (χ1v) is 6.79. The predicted molar refractivity (Wildman–Crippen MR) is 68.7 cm³/mol. The van der Waals surface area contributed by atoms with Crippen LogP contribution in [0.25, 0.3) is 0 Å². The molecule has 1 N–H and O–H groups in total. The quantitative estimate of drug-likeness (QED) is 0.837. The number of nitrogens with one attached hydrogen (secondary N) is 1. The minimum Gasteiger partial charge on any atom is -0.312 e. The molecule has 0 radical (unpaired) electrons. The molecule has 0 amide bonds. The van der Waals surface area contributed by atoms with Crippen LogP contribution >= 0.6 is 0 Å². The zero-order valence-electron chi connectivity index (χ0n) is 10.3. The van der Waals surface area contributed by atoms with Gasteiger partial charge in [0.05, 0.1) is 5.69 Å². The van der Waals surface area contributed by atoms with Gasteiger partial charge in [0.1, 0.15) is 0 Å². The molecular formula is C14H21N3. The Hall–Kier alpha value is -0.930. The van der Waals surface area contributed by atoms with E-state index in [0.29, 0.717) is 0 Å². The monoisotopic (exact) mass is 231 g/mol. The fraction of sp³-hybridized carbons (Fsp3) is 0.643. The van der Waals surface area contributed by atoms with Crippen LogP contribution in [0.2, 0.25) is 0 Å². The molecule has 0 aromatic carbocycles. The van der Waals surface area contributed by atoms with E-state index in [1.165, 1.54) is 37.9 Å². The molecule has 1 aromatic rings. The molecule has 1 unspecified atom stereocenters. The predicted octanol–water partition coefficient (Wildman–Crippen LogP) is 1.80. The summed E-state index contributed by atoms with van der Waals surface area (Å²) >= 11 is 0. The molecule has 2 fully saturated rings. The third-order valence-electron chi connectivity index (χ3n) is 3.81. The number of aromatic nitrogens is 1. The Kier molecular flexibility index (Phi) is 3.39. The molecule has 1 saturated heterocycles. The lowest BCUT2D eigenvalue weighted by Crippen LogP contribution is -2.38. The number of hydrogen-bond donors (Lipinski definition) is 1. The third-order valence-corrected chi connectivity index (χ3v) is 3.81. The van der Waals surface area contributed by atoms with Gasteiger partial charge in [0, 0.05) is 31.4 Å². The topological polar surface area (TPSA) is 28.2 Å². The van der Waals surface area contributed by atoms with Crippen LogP contribution in [0.15, 0.2) is 24.4 Å². The van der Waals surface area contributed by atoms with Crippen LogP contribution in [0.4, 0.5) is 0 Å². The van der Waals surface area contributed by atoms with Crippen molar-refractivity contribution in [1.82, 2.24) is 15.2 Å². The normalized spacial score (nSPS) is 25.3. The molecular weight excluding hydrogens is 210 g/mol. The van der Waals surface area contributed by atoms with Gasteiger partial charge in [-0.1, -0.05) is 6.07 Å². The number of nitrogens with zero attached hydrogens (tertiary/aromatic N) is 2. The molecule has 2 heterocycles. The zero-order valence-corrected chi connectivity index (χ0v) is 10.3. The first-order valence-electron chi connectivity index (χ1n) is 6.79. The third kappa shape index (κ3) is 3.05. The van der Waals surface area contributed by atoms with Crippen molar-refractivity contribution < 1.29 is 0 Å². The smallest absolute Gasteiger partial charge is 0.0544 e. The summed E-state index contributed by atoms with van der Waals surface area (Å²) in [4.78, 5) is 7.00. The number of likely N-dealkylation sites (tertiary alicyclic amines) is 1. The van der Waals surface area contributed by atoms with E-state index in [9.17, 15) is 0 Å². The first-order chi connectivity index (χ1) is 8.42. The van der Waals surface area contributed by atoms with E-state index in [-0.39, 0.29) is 0 Å². The lowest BCUT2D eigenvalue weighted by molar-refractivity contribution is 0.236. The highest BCUT2D eigenvalue weighted by Gasteiger charge is 2.27. The van der Waals surface area contributed by atoms with Crippen molar-refractivity contribution in [1.29, 1.82) is 0 Å². The summed E-state index contributed by atoms with van der Waals surface area (Å²) in [5.41, 5.74) is 1.20. The summed E-state index contributed by atoms with van der Waals surface area (Å²) in [6, 6.07) is 7.74. The second kappa shape index (κ2) is 5.15. The van der Waals surface area contributed by atoms with Gasteiger partial charge < -0.3 is 5.32 Å². The van der Waals surface area contributed by atoms with Crippen LogP contribution in [-0.4, -0.2) is 35.1 Å². The van der Waals surface area contributed by atoms with Gasteiger partial charge in [-0.25, -0.2) is 0 Å². The molecule has 0 spiro atoms. The minimum atomic E-state index is 0.720. The average molecular weight is 231 g/mol. The molecule has 0 bridgehead atoms. The van der Waals surface area contributed by atoms with Crippen molar-refractivity contribution in [2.45, 2.75) is 44.3 Å². The summed E-state index contributed by atoms with van der Waals surface area (Å²) in [6.07, 6.45) is 7.33. The lowest BCUT2D eigenvalue weighted by Gasteiger charge is -2.24. The van der Waals surface area contributed by atoms with Crippen molar-refractivity contribution in [3.63, 3.8) is 0 Å². The maximum Gasteiger partial charge on any atom is 0.0544 e. The van der Waals surface area contributed by atoms with Crippen LogP contribution in [0, 0.1) is 0 Å². The molecule has 1 atom stereocenters. The molecule has 1 aromatic heterocycles. The number of hydrogen-bond acceptors (Lipinski definition) is 3. The average Bonchev–Trinajstić information content (AvgIpc) is 3.09. The summed E-state index contributed by atoms with van der Waals surface area (Å²) in [5.74, 6) is 0. The van der Waals surface area contributed by atoms with Gasteiger partial charge in [0.15, 0.2) is 0 Å². The van der Waals surface area contributed by atoms with Crippen LogP contribution in [0.1, 0.15) is 31.4 Å². The van der Waals surface area contributed by atoms with Gasteiger partial charge in [0.25, 0.3) is 0 Å². The summed E-state index contributed by atoms with van der Waals surface area (Å²) in [5, 5.41) is 3.65. The molecule has 3 heteroatoms. The summed E-state index contributed by atoms with van der Waals surface area (Å²) in [6.45, 7) is 3.41. The highest BCUT2D eigenvalue weighted by molar-refractivity contribution is 5.04. The molecule has 1 saturated carbocycles. The van der Waals surface area contributed by atoms with E-state index in [1.807, 2.05) is 12.3 Å². The lowest BCUT2D eigenvalue weighted by atomic mass is 10.2. The van der Waals surface area contributed by atoms with Crippen molar-refractivity contribution in [2.75, 3.05) is 13.1 Å². The fourth-order valence-corrected chi connectivity index (χ4v) is 2.62. The Labute approximate surface area is 103 Å². The van der Waals surface area contributed by atoms with Gasteiger partial charge in [-0.15, -0.1) is 0 Å². The van der Waals surface area contributed by atoms with Gasteiger partial charge in [-0.05, 0) is 44.4 Å². The van der Waals surface area contributed by atoms with Crippen LogP contribution in [-0.2, 0) is 6.54 Å². The largest absolute Gasteiger partial charge is 0.312 e. The maximum atomic E-state index is 4.42. The van der Waals surface area contributed by atoms with Crippen molar-refractivity contribution >= 4 is 0 Å². The standard InChI is InChI=1S/C14H21N3/c1-2-8-15-13(4-1)11-17-9-3-5-14(17)10-16-12-6-7-12/h1-2,4,8,12,14,16H,3,5-7,9-11H2. The van der Waals surface area contributed by atoms with Crippen LogP contribution < -0.4 is 5.32 Å². The minimum absolute atomic E-state index is 0.720. The Morgan fingerprint density at radius 2 is 2.24 bits per heavy atom. The molecule has 2 aliphatic rings. The number of rotatable bonds is 5. The van der Waals surface area contributed by atoms with Crippen molar-refractivity contribution in [2.24, 2.45) is 0 Å². The molecule has 17 heavy (non-hydrogen) atoms. The molecule has 1 aliphatic carbocycles. The second-order valence-electron chi connectivity index (χ2n) is 5.27. The van der Waals surface area contributed by atoms with Gasteiger partial charge in [0.2, 0.25) is 0 Å². The van der Waals surface area contributed by atoms with Crippen LogP contribution in [0.5, 0.6) is 0 Å². The number of pyridine rings is 1. The zero-order chi connectivity index (χ0) is 11.5. The van der Waals surface area contributed by atoms with Crippen LogP contribution in [0.3, 0.4) is 0 Å². The van der Waals surface area contributed by atoms with E-state index in [1.54, 1.807) is 0 Å². The SMILES string of the molecule is c1ccc(CN2CCCC2CNC2CC2)nc1. The Morgan fingerprint density at radius 3 is 3.00 bits per heavy atom. The van der Waals surface area contributed by atoms with Crippen molar-refractivity contribution in [3.8, 4) is 0 Å². The Morgan fingerprint density at radius 1 is 1.29 bits per heavy atom. The Bertz CT molecular complexity index is 348. The van der Waals surface area contributed by atoms with E-state index in [2.05, 4.69) is 27.3 Å². The van der Waals surface area contributed by atoms with E-state index >= 15 is 0 Å². The fourth-order valence-electron chi connectivity index (χ4n) is 2.62. The van der Waals surface area contributed by atoms with Gasteiger partial charge >= 0.3 is 0 Å². The summed E-state index contributed by atoms with van der Waals surface area (Å²) in [7, 11) is 0. The molecule has 3 nitrogen and oxygen atoms in total. The highest BCUT2D eigenvalue weighted by atomic mass is 15.2. The van der Waals surface area contributed by atoms with E-state index in [0.717, 1.165) is 25.2 Å². The van der Waals surface area contributed by atoms with Gasteiger partial charge in [-0.3, -0.25) is 9.88 Å². The highest BCUT2D eigenvalue weighted by Crippen LogP contribution is 2.22. The van der Waals surface area contributed by atoms with E-state index in [4.69, 9.17) is 0 Å². The Balaban J connectivity index is 1.53. The van der Waals surface area contributed by atoms with E-state index < -0.39 is 0 Å². The maximum absolute atomic E-state index is 4.42. The molecule has 92 valence electrons.